The zero-order valence-electron chi connectivity index (χ0n) is 8.08. The summed E-state index contributed by atoms with van der Waals surface area (Å²) in [6.07, 6.45) is 1.92. The number of hydrogen-bond acceptors (Lipinski definition) is 2. The van der Waals surface area contributed by atoms with Gasteiger partial charge in [-0.05, 0) is 25.1 Å². The Bertz CT molecular complexity index is 434. The van der Waals surface area contributed by atoms with Gasteiger partial charge in [-0.2, -0.15) is 0 Å². The van der Waals surface area contributed by atoms with Crippen LogP contribution in [-0.2, 0) is 11.3 Å². The Morgan fingerprint density at radius 2 is 2.29 bits per heavy atom. The Morgan fingerprint density at radius 3 is 3.07 bits per heavy atom. The third-order valence-electron chi connectivity index (χ3n) is 2.21. The van der Waals surface area contributed by atoms with Gasteiger partial charge in [0.2, 0.25) is 0 Å². The molecule has 0 saturated heterocycles. The van der Waals surface area contributed by atoms with E-state index in [9.17, 15) is 5.11 Å². The molecule has 3 heteroatoms. The zero-order valence-corrected chi connectivity index (χ0v) is 8.08. The van der Waals surface area contributed by atoms with Gasteiger partial charge in [0.25, 0.3) is 0 Å². The van der Waals surface area contributed by atoms with Crippen LogP contribution in [0.5, 0.6) is 5.75 Å². The summed E-state index contributed by atoms with van der Waals surface area (Å²) in [5.41, 5.74) is 2.11. The zero-order chi connectivity index (χ0) is 9.97. The van der Waals surface area contributed by atoms with Crippen LogP contribution in [0, 0.1) is 0 Å². The van der Waals surface area contributed by atoms with Crippen LogP contribution in [0.1, 0.15) is 12.5 Å². The van der Waals surface area contributed by atoms with Crippen molar-refractivity contribution >= 4 is 10.9 Å². The van der Waals surface area contributed by atoms with Crippen LogP contribution in [0.15, 0.2) is 24.4 Å². The second-order valence-electron chi connectivity index (χ2n) is 3.18. The summed E-state index contributed by atoms with van der Waals surface area (Å²) in [5, 5.41) is 10.4. The first-order chi connectivity index (χ1) is 6.81. The third-order valence-corrected chi connectivity index (χ3v) is 2.21. The standard InChI is InChI=1S/C11H13NO2/c1-2-14-7-8-6-12-11-4-3-9(13)5-10(8)11/h3-6,12-13H,2,7H2,1H3. The van der Waals surface area contributed by atoms with Crippen molar-refractivity contribution in [2.24, 2.45) is 0 Å². The molecule has 0 aliphatic heterocycles. The number of H-pyrrole nitrogens is 1. The molecule has 0 aliphatic rings. The highest BCUT2D eigenvalue weighted by Gasteiger charge is 2.03. The molecule has 1 heterocycles. The van der Waals surface area contributed by atoms with Crippen molar-refractivity contribution in [3.05, 3.63) is 30.0 Å². The van der Waals surface area contributed by atoms with Crippen LogP contribution < -0.4 is 0 Å². The average Bonchev–Trinajstić information content (AvgIpc) is 2.57. The molecule has 3 nitrogen and oxygen atoms in total. The minimum atomic E-state index is 0.287. The smallest absolute Gasteiger partial charge is 0.116 e. The van der Waals surface area contributed by atoms with Gasteiger partial charge in [-0.1, -0.05) is 0 Å². The van der Waals surface area contributed by atoms with E-state index in [1.165, 1.54) is 0 Å². The number of aromatic nitrogens is 1. The van der Waals surface area contributed by atoms with E-state index in [0.29, 0.717) is 13.2 Å². The summed E-state index contributed by atoms with van der Waals surface area (Å²) < 4.78 is 5.32. The molecule has 2 aromatic rings. The van der Waals surface area contributed by atoms with Crippen molar-refractivity contribution in [1.29, 1.82) is 0 Å². The van der Waals surface area contributed by atoms with Gasteiger partial charge >= 0.3 is 0 Å². The molecule has 0 atom stereocenters. The van der Waals surface area contributed by atoms with Gasteiger partial charge in [0.05, 0.1) is 6.61 Å². The fourth-order valence-corrected chi connectivity index (χ4v) is 1.50. The molecule has 1 aromatic carbocycles. The number of hydrogen-bond donors (Lipinski definition) is 2. The quantitative estimate of drug-likeness (QED) is 0.782. The van der Waals surface area contributed by atoms with Crippen molar-refractivity contribution in [3.8, 4) is 5.75 Å². The Labute approximate surface area is 82.3 Å². The van der Waals surface area contributed by atoms with E-state index in [0.717, 1.165) is 16.5 Å². The monoisotopic (exact) mass is 191 g/mol. The number of nitrogens with one attached hydrogen (secondary N) is 1. The number of phenols is 1. The topological polar surface area (TPSA) is 45.2 Å². The fraction of sp³-hybridized carbons (Fsp3) is 0.273. The highest BCUT2D eigenvalue weighted by molar-refractivity contribution is 5.84. The van der Waals surface area contributed by atoms with Gasteiger partial charge in [0.15, 0.2) is 0 Å². The van der Waals surface area contributed by atoms with Gasteiger partial charge in [0, 0.05) is 29.3 Å². The number of aromatic hydroxyl groups is 1. The fourth-order valence-electron chi connectivity index (χ4n) is 1.50. The molecule has 0 spiro atoms. The third kappa shape index (κ3) is 1.59. The molecule has 0 saturated carbocycles. The minimum Gasteiger partial charge on any atom is -0.508 e. The van der Waals surface area contributed by atoms with Crippen LogP contribution in [-0.4, -0.2) is 16.7 Å². The maximum atomic E-state index is 9.34. The lowest BCUT2D eigenvalue weighted by atomic mass is 10.2. The van der Waals surface area contributed by atoms with Crippen molar-refractivity contribution in [3.63, 3.8) is 0 Å². The lowest BCUT2D eigenvalue weighted by Crippen LogP contribution is -1.89. The van der Waals surface area contributed by atoms with Crippen LogP contribution in [0.4, 0.5) is 0 Å². The van der Waals surface area contributed by atoms with Gasteiger partial charge in [-0.3, -0.25) is 0 Å². The highest BCUT2D eigenvalue weighted by atomic mass is 16.5. The maximum absolute atomic E-state index is 9.34. The molecule has 2 rings (SSSR count). The highest BCUT2D eigenvalue weighted by Crippen LogP contribution is 2.23. The van der Waals surface area contributed by atoms with Gasteiger partial charge < -0.3 is 14.8 Å². The summed E-state index contributed by atoms with van der Waals surface area (Å²) in [5.74, 6) is 0.287. The normalized spacial score (nSPS) is 10.9. The lowest BCUT2D eigenvalue weighted by molar-refractivity contribution is 0.135. The van der Waals surface area contributed by atoms with Crippen LogP contribution in [0.2, 0.25) is 0 Å². The second kappa shape index (κ2) is 3.72. The molecule has 0 amide bonds. The predicted octanol–water partition coefficient (Wildman–Crippen LogP) is 2.41. The molecule has 0 bridgehead atoms. The van der Waals surface area contributed by atoms with Crippen molar-refractivity contribution in [1.82, 2.24) is 4.98 Å². The molecule has 0 fully saturated rings. The number of aromatic amines is 1. The largest absolute Gasteiger partial charge is 0.508 e. The number of rotatable bonds is 3. The van der Waals surface area contributed by atoms with Gasteiger partial charge in [-0.15, -0.1) is 0 Å². The Hall–Kier alpha value is -1.48. The van der Waals surface area contributed by atoms with E-state index in [1.54, 1.807) is 12.1 Å². The molecule has 2 N–H and O–H groups in total. The van der Waals surface area contributed by atoms with E-state index in [2.05, 4.69) is 4.98 Å². The summed E-state index contributed by atoms with van der Waals surface area (Å²) in [7, 11) is 0. The number of phenolic OH excluding ortho intramolecular Hbond substituents is 1. The molecular weight excluding hydrogens is 178 g/mol. The van der Waals surface area contributed by atoms with E-state index < -0.39 is 0 Å². The molecule has 0 aliphatic carbocycles. The minimum absolute atomic E-state index is 0.287. The number of fused-ring (bicyclic) bond motifs is 1. The predicted molar refractivity (Wildman–Crippen MR) is 55.3 cm³/mol. The second-order valence-corrected chi connectivity index (χ2v) is 3.18. The number of benzene rings is 1. The molecule has 0 radical (unpaired) electrons. The van der Waals surface area contributed by atoms with Crippen molar-refractivity contribution in [2.75, 3.05) is 6.61 Å². The Balaban J connectivity index is 2.40. The van der Waals surface area contributed by atoms with Crippen LogP contribution >= 0.6 is 0 Å². The first-order valence-corrected chi connectivity index (χ1v) is 4.68. The first-order valence-electron chi connectivity index (χ1n) is 4.68. The molecule has 0 unspecified atom stereocenters. The van der Waals surface area contributed by atoms with Gasteiger partial charge in [-0.25, -0.2) is 0 Å². The van der Waals surface area contributed by atoms with E-state index in [1.807, 2.05) is 19.2 Å². The number of ether oxygens (including phenoxy) is 1. The summed E-state index contributed by atoms with van der Waals surface area (Å²) in [6, 6.07) is 5.28. The summed E-state index contributed by atoms with van der Waals surface area (Å²) in [4.78, 5) is 3.13. The Kier molecular flexibility index (Phi) is 2.41. The summed E-state index contributed by atoms with van der Waals surface area (Å²) >= 11 is 0. The van der Waals surface area contributed by atoms with Crippen LogP contribution in [0.25, 0.3) is 10.9 Å². The maximum Gasteiger partial charge on any atom is 0.116 e. The van der Waals surface area contributed by atoms with E-state index in [-0.39, 0.29) is 5.75 Å². The Morgan fingerprint density at radius 1 is 1.43 bits per heavy atom. The van der Waals surface area contributed by atoms with Crippen molar-refractivity contribution < 1.29 is 9.84 Å². The van der Waals surface area contributed by atoms with Gasteiger partial charge in [0.1, 0.15) is 5.75 Å². The van der Waals surface area contributed by atoms with E-state index >= 15 is 0 Å². The molecule has 1 aromatic heterocycles. The van der Waals surface area contributed by atoms with E-state index in [4.69, 9.17) is 4.74 Å². The molecule has 74 valence electrons. The molecule has 14 heavy (non-hydrogen) atoms. The van der Waals surface area contributed by atoms with Crippen LogP contribution in [0.3, 0.4) is 0 Å². The summed E-state index contributed by atoms with van der Waals surface area (Å²) in [6.45, 7) is 3.25. The average molecular weight is 191 g/mol. The first kappa shape index (κ1) is 9.09. The van der Waals surface area contributed by atoms with Crippen molar-refractivity contribution in [2.45, 2.75) is 13.5 Å². The lowest BCUT2D eigenvalue weighted by Gasteiger charge is -1.99. The molecular formula is C11H13NO2. The SMILES string of the molecule is CCOCc1c[nH]c2ccc(O)cc12.